The van der Waals surface area contributed by atoms with Gasteiger partial charge in [-0.25, -0.2) is 9.59 Å². The van der Waals surface area contributed by atoms with Crippen LogP contribution < -0.4 is 4.74 Å². The Labute approximate surface area is 274 Å². The molecule has 1 heterocycles. The molecule has 0 radical (unpaired) electrons. The van der Waals surface area contributed by atoms with Gasteiger partial charge in [-0.05, 0) is 126 Å². The molecule has 1 aliphatic carbocycles. The van der Waals surface area contributed by atoms with E-state index in [1.807, 2.05) is 25.1 Å². The van der Waals surface area contributed by atoms with Crippen LogP contribution in [0.1, 0.15) is 84.3 Å². The lowest BCUT2D eigenvalue weighted by Gasteiger charge is -2.35. The standard InChI is InChI=1S/C36H35F6NO5/c1-19-10-21(32(44)45)6-7-29(19)22-11-23(15-28(14-22)47-5)30-8-9-34(3,4)17-25(30)18-43-20(2)31(48-33(43)46)24-12-26(35(37,38)39)16-27(13-24)36(40,41)42/h6-7,10-16,20,31H,8-9,17-18H2,1-5H3,(H,44,45)/t20?,31-/m0/s1. The number of carbonyl (C=O) groups excluding carboxylic acids is 1. The number of amides is 1. The molecule has 1 saturated heterocycles. The number of rotatable bonds is 7. The van der Waals surface area contributed by atoms with Gasteiger partial charge in [-0.2, -0.15) is 26.3 Å². The highest BCUT2D eigenvalue weighted by Crippen LogP contribution is 2.46. The lowest BCUT2D eigenvalue weighted by molar-refractivity contribution is -0.143. The highest BCUT2D eigenvalue weighted by molar-refractivity contribution is 5.89. The molecule has 1 amide bonds. The number of carboxylic acid groups (broad SMARTS) is 1. The van der Waals surface area contributed by atoms with E-state index < -0.39 is 47.7 Å². The van der Waals surface area contributed by atoms with Gasteiger partial charge in [-0.15, -0.1) is 0 Å². The van der Waals surface area contributed by atoms with E-state index in [9.17, 15) is 41.0 Å². The molecule has 1 fully saturated rings. The normalized spacial score (nSPS) is 19.8. The number of nitrogens with zero attached hydrogens (tertiary/aromatic N) is 1. The van der Waals surface area contributed by atoms with E-state index in [2.05, 4.69) is 13.8 Å². The summed E-state index contributed by atoms with van der Waals surface area (Å²) in [5.74, 6) is -0.485. The van der Waals surface area contributed by atoms with Crippen molar-refractivity contribution in [3.05, 3.63) is 93.6 Å². The molecule has 5 rings (SSSR count). The van der Waals surface area contributed by atoms with Gasteiger partial charge >= 0.3 is 24.4 Å². The molecule has 12 heteroatoms. The minimum Gasteiger partial charge on any atom is -0.497 e. The van der Waals surface area contributed by atoms with E-state index in [-0.39, 0.29) is 29.2 Å². The Morgan fingerprint density at radius 3 is 2.17 bits per heavy atom. The summed E-state index contributed by atoms with van der Waals surface area (Å²) in [6, 6.07) is 10.9. The van der Waals surface area contributed by atoms with Crippen LogP contribution in [-0.4, -0.2) is 41.8 Å². The van der Waals surface area contributed by atoms with Crippen LogP contribution in [0.4, 0.5) is 31.1 Å². The molecular formula is C36H35F6NO5. The summed E-state index contributed by atoms with van der Waals surface area (Å²) in [6.07, 6.45) is -10.3. The zero-order chi connectivity index (χ0) is 35.3. The van der Waals surface area contributed by atoms with Gasteiger partial charge in [0.2, 0.25) is 0 Å². The number of aromatic carboxylic acids is 1. The number of allylic oxidation sites excluding steroid dienone is 1. The number of halogens is 6. The third-order valence-electron chi connectivity index (χ3n) is 9.14. The zero-order valence-corrected chi connectivity index (χ0v) is 27.0. The van der Waals surface area contributed by atoms with Crippen LogP contribution in [0.3, 0.4) is 0 Å². The third kappa shape index (κ3) is 7.17. The number of benzene rings is 3. The lowest BCUT2D eigenvalue weighted by Crippen LogP contribution is -2.35. The number of aryl methyl sites for hydroxylation is 1. The van der Waals surface area contributed by atoms with Crippen molar-refractivity contribution in [3.8, 4) is 16.9 Å². The maximum Gasteiger partial charge on any atom is 0.416 e. The van der Waals surface area contributed by atoms with Crippen molar-refractivity contribution in [2.75, 3.05) is 13.7 Å². The summed E-state index contributed by atoms with van der Waals surface area (Å²) in [5, 5.41) is 9.41. The minimum absolute atomic E-state index is 0.0499. The number of alkyl halides is 6. The lowest BCUT2D eigenvalue weighted by atomic mass is 9.72. The molecule has 0 bridgehead atoms. The smallest absolute Gasteiger partial charge is 0.416 e. The highest BCUT2D eigenvalue weighted by atomic mass is 19.4. The van der Waals surface area contributed by atoms with Crippen LogP contribution in [0, 0.1) is 12.3 Å². The molecule has 0 aromatic heterocycles. The zero-order valence-electron chi connectivity index (χ0n) is 27.0. The molecule has 0 spiro atoms. The van der Waals surface area contributed by atoms with Gasteiger partial charge in [0.05, 0.1) is 29.8 Å². The summed E-state index contributed by atoms with van der Waals surface area (Å²) in [7, 11) is 1.53. The number of hydrogen-bond donors (Lipinski definition) is 1. The molecule has 0 saturated carbocycles. The quantitative estimate of drug-likeness (QED) is 0.252. The Hall–Kier alpha value is -4.48. The maximum atomic E-state index is 13.6. The Morgan fingerprint density at radius 2 is 1.60 bits per heavy atom. The van der Waals surface area contributed by atoms with E-state index in [1.54, 1.807) is 19.1 Å². The first-order chi connectivity index (χ1) is 22.3. The molecule has 256 valence electrons. The maximum absolute atomic E-state index is 13.6. The largest absolute Gasteiger partial charge is 0.497 e. The third-order valence-corrected chi connectivity index (χ3v) is 9.14. The average Bonchev–Trinajstić information content (AvgIpc) is 3.27. The van der Waals surface area contributed by atoms with Crippen LogP contribution in [0.15, 0.2) is 60.2 Å². The van der Waals surface area contributed by atoms with Gasteiger partial charge in [-0.1, -0.05) is 19.9 Å². The highest BCUT2D eigenvalue weighted by Gasteiger charge is 2.44. The van der Waals surface area contributed by atoms with Crippen molar-refractivity contribution in [2.24, 2.45) is 5.41 Å². The van der Waals surface area contributed by atoms with Gasteiger partial charge in [-0.3, -0.25) is 4.90 Å². The van der Waals surface area contributed by atoms with Gasteiger partial charge in [0.1, 0.15) is 11.9 Å². The molecule has 1 aliphatic heterocycles. The van der Waals surface area contributed by atoms with Gasteiger partial charge in [0.15, 0.2) is 0 Å². The molecule has 1 N–H and O–H groups in total. The van der Waals surface area contributed by atoms with E-state index in [0.717, 1.165) is 39.8 Å². The molecule has 1 unspecified atom stereocenters. The van der Waals surface area contributed by atoms with Crippen molar-refractivity contribution in [3.63, 3.8) is 0 Å². The van der Waals surface area contributed by atoms with E-state index in [1.165, 1.54) is 18.1 Å². The van der Waals surface area contributed by atoms with Gasteiger partial charge < -0.3 is 14.6 Å². The second-order valence-electron chi connectivity index (χ2n) is 13.2. The minimum atomic E-state index is -5.04. The summed E-state index contributed by atoms with van der Waals surface area (Å²) >= 11 is 0. The van der Waals surface area contributed by atoms with Crippen LogP contribution in [0.5, 0.6) is 5.75 Å². The number of cyclic esters (lactones) is 1. The summed E-state index contributed by atoms with van der Waals surface area (Å²) in [5.41, 5.74) is 1.64. The molecule has 2 atom stereocenters. The van der Waals surface area contributed by atoms with Gasteiger partial charge in [0, 0.05) is 6.54 Å². The number of carbonyl (C=O) groups is 2. The van der Waals surface area contributed by atoms with Gasteiger partial charge in [0.25, 0.3) is 0 Å². The molecule has 6 nitrogen and oxygen atoms in total. The van der Waals surface area contributed by atoms with E-state index in [0.29, 0.717) is 30.7 Å². The first-order valence-electron chi connectivity index (χ1n) is 15.3. The van der Waals surface area contributed by atoms with Crippen LogP contribution in [-0.2, 0) is 17.1 Å². The monoisotopic (exact) mass is 675 g/mol. The topological polar surface area (TPSA) is 76.1 Å². The molecule has 3 aromatic carbocycles. The van der Waals surface area contributed by atoms with Crippen LogP contribution in [0.25, 0.3) is 16.7 Å². The number of carboxylic acids is 1. The van der Waals surface area contributed by atoms with E-state index >= 15 is 0 Å². The summed E-state index contributed by atoms with van der Waals surface area (Å²) in [4.78, 5) is 26.1. The average molecular weight is 676 g/mol. The van der Waals surface area contributed by atoms with Crippen LogP contribution >= 0.6 is 0 Å². The van der Waals surface area contributed by atoms with Crippen molar-refractivity contribution < 1.29 is 50.5 Å². The summed E-state index contributed by atoms with van der Waals surface area (Å²) in [6.45, 7) is 7.59. The second-order valence-corrected chi connectivity index (χ2v) is 13.2. The Balaban J connectivity index is 1.54. The second kappa shape index (κ2) is 12.5. The fourth-order valence-electron chi connectivity index (χ4n) is 6.59. The Morgan fingerprint density at radius 1 is 0.979 bits per heavy atom. The fraction of sp³-hybridized carbons (Fsp3) is 0.389. The van der Waals surface area contributed by atoms with Crippen molar-refractivity contribution in [2.45, 2.75) is 71.5 Å². The van der Waals surface area contributed by atoms with Crippen LogP contribution in [0.2, 0.25) is 0 Å². The van der Waals surface area contributed by atoms with E-state index in [4.69, 9.17) is 9.47 Å². The summed E-state index contributed by atoms with van der Waals surface area (Å²) < 4.78 is 92.7. The van der Waals surface area contributed by atoms with Crippen molar-refractivity contribution >= 4 is 17.6 Å². The predicted octanol–water partition coefficient (Wildman–Crippen LogP) is 9.95. The Bertz CT molecular complexity index is 1760. The number of ether oxygens (including phenoxy) is 2. The number of methoxy groups -OCH3 is 1. The molecule has 2 aliphatic rings. The predicted molar refractivity (Wildman–Crippen MR) is 167 cm³/mol. The van der Waals surface area contributed by atoms with Crippen molar-refractivity contribution in [1.29, 1.82) is 0 Å². The molecule has 48 heavy (non-hydrogen) atoms. The number of hydrogen-bond acceptors (Lipinski definition) is 4. The fourth-order valence-corrected chi connectivity index (χ4v) is 6.59. The molecular weight excluding hydrogens is 640 g/mol. The first-order valence-corrected chi connectivity index (χ1v) is 15.3. The first kappa shape index (κ1) is 34.8. The molecule has 3 aromatic rings. The SMILES string of the molecule is COc1cc(C2=C(CN3C(=O)O[C@H](c4cc(C(F)(F)F)cc(C(F)(F)F)c4)C3C)CC(C)(C)CC2)cc(-c2ccc(C(=O)O)cc2C)c1. The Kier molecular flexibility index (Phi) is 9.09. The van der Waals surface area contributed by atoms with Crippen molar-refractivity contribution in [1.82, 2.24) is 4.90 Å².